The van der Waals surface area contributed by atoms with Gasteiger partial charge in [-0.15, -0.1) is 0 Å². The molecule has 0 spiro atoms. The van der Waals surface area contributed by atoms with Gasteiger partial charge in [-0.1, -0.05) is 182 Å². The molecule has 3 aliphatic rings. The zero-order valence-electron chi connectivity index (χ0n) is 41.6. The Bertz CT molecular complexity index is 3600. The summed E-state index contributed by atoms with van der Waals surface area (Å²) >= 11 is 0. The van der Waals surface area contributed by atoms with Crippen LogP contribution in [0, 0.1) is 0 Å². The van der Waals surface area contributed by atoms with Crippen LogP contribution in [-0.2, 0) is 22.1 Å². The Morgan fingerprint density at radius 1 is 0.364 bits per heavy atom. The SMILES string of the molecule is CC(C)(C)OC(=O)c1cc(OC(=O)c2cc(OC(=O)c3cc(O)c4c(c3)OC(c3ccccc3)(c3ccccc3)O4)c3c(c2)OC(c2ccccc2)(c2ccccc2)O3)c2c(c1)OC(c1ccccc1)(c1ccccc1)O2. The normalized spacial score (nSPS) is 14.8. The van der Waals surface area contributed by atoms with E-state index in [0.29, 0.717) is 33.4 Å². The van der Waals surface area contributed by atoms with Crippen molar-refractivity contribution in [3.8, 4) is 51.7 Å². The number of carbonyl (C=O) groups is 3. The summed E-state index contributed by atoms with van der Waals surface area (Å²) in [6, 6.07) is 63.4. The van der Waals surface area contributed by atoms with E-state index < -0.39 is 46.6 Å². The number of fused-ring (bicyclic) bond motifs is 3. The molecule has 0 aromatic heterocycles. The Kier molecular flexibility index (Phi) is 11.7. The number of ether oxygens (including phenoxy) is 9. The van der Waals surface area contributed by atoms with Crippen molar-refractivity contribution in [1.82, 2.24) is 0 Å². The van der Waals surface area contributed by atoms with Crippen molar-refractivity contribution in [3.05, 3.63) is 268 Å². The van der Waals surface area contributed by atoms with Gasteiger partial charge in [0.25, 0.3) is 0 Å². The summed E-state index contributed by atoms with van der Waals surface area (Å²) in [4.78, 5) is 43.4. The second-order valence-electron chi connectivity index (χ2n) is 19.4. The number of esters is 3. The maximum absolute atomic E-state index is 15.0. The second-order valence-corrected chi connectivity index (χ2v) is 19.4. The standard InChI is InChI=1S/C64H46O13/c1-61(2,3)77-60(68)42-36-51(57-54(39-42)73-64(76-57,47-30-18-8-19-31-47)48-32-20-9-21-33-48)70-59(67)41-35-50(56-53(38-41)72-63(75-56,45-26-14-6-15-27-45)46-28-16-7-17-29-46)69-58(66)40-34-49(65)55-52(37-40)71-62(74-55,43-22-10-4-11-23-43)44-24-12-5-13-25-44/h4-39,65H,1-3H3. The maximum Gasteiger partial charge on any atom is 0.343 e. The summed E-state index contributed by atoms with van der Waals surface area (Å²) in [5.41, 5.74) is 2.49. The molecule has 9 aromatic carbocycles. The Morgan fingerprint density at radius 3 is 0.948 bits per heavy atom. The van der Waals surface area contributed by atoms with E-state index in [0.717, 1.165) is 0 Å². The summed E-state index contributed by atoms with van der Waals surface area (Å²) in [5, 5.41) is 11.6. The third-order valence-corrected chi connectivity index (χ3v) is 13.0. The van der Waals surface area contributed by atoms with Crippen LogP contribution in [0.2, 0.25) is 0 Å². The first-order valence-electron chi connectivity index (χ1n) is 24.7. The van der Waals surface area contributed by atoms with Crippen molar-refractivity contribution in [1.29, 1.82) is 0 Å². The molecule has 1 N–H and O–H groups in total. The Hall–Kier alpha value is -10.0. The molecule has 380 valence electrons. The third-order valence-electron chi connectivity index (χ3n) is 13.0. The molecular weight excluding hydrogens is 977 g/mol. The quantitative estimate of drug-likeness (QED) is 0.0966. The van der Waals surface area contributed by atoms with Crippen LogP contribution in [0.5, 0.6) is 51.7 Å². The molecule has 0 amide bonds. The number of aromatic hydroxyl groups is 1. The van der Waals surface area contributed by atoms with Crippen LogP contribution >= 0.6 is 0 Å². The number of rotatable bonds is 11. The molecule has 0 bridgehead atoms. The molecule has 0 aliphatic carbocycles. The van der Waals surface area contributed by atoms with Crippen LogP contribution in [0.3, 0.4) is 0 Å². The third kappa shape index (κ3) is 8.63. The van der Waals surface area contributed by atoms with E-state index >= 15 is 0 Å². The number of phenolic OH excluding ortho intramolecular Hbond substituents is 1. The fourth-order valence-electron chi connectivity index (χ4n) is 9.54. The summed E-state index contributed by atoms with van der Waals surface area (Å²) in [5.74, 6) is -8.05. The first kappa shape index (κ1) is 48.0. The van der Waals surface area contributed by atoms with Crippen molar-refractivity contribution < 1.29 is 62.1 Å². The summed E-state index contributed by atoms with van der Waals surface area (Å²) in [6.45, 7) is 5.21. The van der Waals surface area contributed by atoms with E-state index in [1.54, 1.807) is 20.8 Å². The average molecular weight is 1020 g/mol. The van der Waals surface area contributed by atoms with Crippen molar-refractivity contribution in [2.24, 2.45) is 0 Å². The van der Waals surface area contributed by atoms with E-state index in [1.165, 1.54) is 36.4 Å². The summed E-state index contributed by atoms with van der Waals surface area (Å²) in [7, 11) is 0. The van der Waals surface area contributed by atoms with Gasteiger partial charge in [-0.3, -0.25) is 0 Å². The fraction of sp³-hybridized carbons (Fsp3) is 0.109. The second kappa shape index (κ2) is 18.7. The first-order valence-corrected chi connectivity index (χ1v) is 24.7. The minimum absolute atomic E-state index is 0.00788. The first-order chi connectivity index (χ1) is 37.3. The zero-order valence-corrected chi connectivity index (χ0v) is 41.6. The lowest BCUT2D eigenvalue weighted by Crippen LogP contribution is -2.36. The minimum atomic E-state index is -1.64. The molecule has 9 aromatic rings. The van der Waals surface area contributed by atoms with Gasteiger partial charge in [-0.05, 0) is 57.2 Å². The highest BCUT2D eigenvalue weighted by Crippen LogP contribution is 2.56. The number of hydrogen-bond acceptors (Lipinski definition) is 13. The van der Waals surface area contributed by atoms with Gasteiger partial charge in [-0.25, -0.2) is 14.4 Å². The van der Waals surface area contributed by atoms with Crippen LogP contribution in [0.15, 0.2) is 218 Å². The number of benzene rings is 9. The van der Waals surface area contributed by atoms with E-state index in [1.807, 2.05) is 182 Å². The highest BCUT2D eigenvalue weighted by Gasteiger charge is 2.51. The molecule has 0 radical (unpaired) electrons. The van der Waals surface area contributed by atoms with Crippen LogP contribution in [-0.4, -0.2) is 28.6 Å². The zero-order chi connectivity index (χ0) is 52.9. The van der Waals surface area contributed by atoms with Crippen molar-refractivity contribution >= 4 is 17.9 Å². The topological polar surface area (TPSA) is 155 Å². The van der Waals surface area contributed by atoms with Gasteiger partial charge >= 0.3 is 35.3 Å². The van der Waals surface area contributed by atoms with Gasteiger partial charge in [0.05, 0.1) is 16.7 Å². The Balaban J connectivity index is 0.947. The smallest absolute Gasteiger partial charge is 0.343 e. The lowest BCUT2D eigenvalue weighted by Gasteiger charge is -2.28. The Labute approximate surface area is 442 Å². The monoisotopic (exact) mass is 1020 g/mol. The maximum atomic E-state index is 15.0. The number of phenols is 1. The van der Waals surface area contributed by atoms with E-state index in [4.69, 9.17) is 42.6 Å². The molecule has 13 heteroatoms. The predicted octanol–water partition coefficient (Wildman–Crippen LogP) is 12.8. The highest BCUT2D eigenvalue weighted by atomic mass is 16.8. The molecule has 77 heavy (non-hydrogen) atoms. The molecule has 0 atom stereocenters. The van der Waals surface area contributed by atoms with E-state index in [9.17, 15) is 19.5 Å². The lowest BCUT2D eigenvalue weighted by molar-refractivity contribution is -0.0469. The molecule has 12 rings (SSSR count). The van der Waals surface area contributed by atoms with Gasteiger partial charge in [-0.2, -0.15) is 0 Å². The largest absolute Gasteiger partial charge is 0.504 e. The van der Waals surface area contributed by atoms with Gasteiger partial charge in [0.1, 0.15) is 5.60 Å². The predicted molar refractivity (Wildman–Crippen MR) is 281 cm³/mol. The molecule has 0 fully saturated rings. The van der Waals surface area contributed by atoms with Crippen LogP contribution in [0.1, 0.15) is 85.2 Å². The van der Waals surface area contributed by atoms with Gasteiger partial charge in [0, 0.05) is 33.4 Å². The molecule has 0 unspecified atom stereocenters. The Morgan fingerprint density at radius 2 is 0.636 bits per heavy atom. The van der Waals surface area contributed by atoms with Gasteiger partial charge in [0.2, 0.25) is 17.2 Å². The van der Waals surface area contributed by atoms with E-state index in [2.05, 4.69) is 0 Å². The molecular formula is C64H46O13. The summed E-state index contributed by atoms with van der Waals surface area (Å²) < 4.78 is 58.5. The van der Waals surface area contributed by atoms with Crippen molar-refractivity contribution in [2.45, 2.75) is 43.7 Å². The van der Waals surface area contributed by atoms with Gasteiger partial charge < -0.3 is 47.7 Å². The van der Waals surface area contributed by atoms with Crippen molar-refractivity contribution in [2.75, 3.05) is 0 Å². The minimum Gasteiger partial charge on any atom is -0.504 e. The summed E-state index contributed by atoms with van der Waals surface area (Å²) in [6.07, 6.45) is 0. The molecule has 0 saturated heterocycles. The average Bonchev–Trinajstić information content (AvgIpc) is 4.26. The molecule has 3 aliphatic heterocycles. The molecule has 13 nitrogen and oxygen atoms in total. The van der Waals surface area contributed by atoms with Gasteiger partial charge in [0.15, 0.2) is 34.5 Å². The fourth-order valence-corrected chi connectivity index (χ4v) is 9.54. The highest BCUT2D eigenvalue weighted by molar-refractivity contribution is 5.97. The van der Waals surface area contributed by atoms with Crippen LogP contribution in [0.4, 0.5) is 0 Å². The number of carbonyl (C=O) groups excluding carboxylic acids is 3. The van der Waals surface area contributed by atoms with Crippen molar-refractivity contribution in [3.63, 3.8) is 0 Å². The lowest BCUT2D eigenvalue weighted by atomic mass is 9.97. The molecule has 0 saturated carbocycles. The van der Waals surface area contributed by atoms with Crippen LogP contribution in [0.25, 0.3) is 0 Å². The molecule has 3 heterocycles. The van der Waals surface area contributed by atoms with Crippen LogP contribution < -0.4 is 37.9 Å². The van der Waals surface area contributed by atoms with E-state index in [-0.39, 0.29) is 62.7 Å². The number of hydrogen-bond donors (Lipinski definition) is 1.